The number of nitrogens with one attached hydrogen (secondary N) is 2. The molecule has 0 aliphatic heterocycles. The second-order valence-corrected chi connectivity index (χ2v) is 10.4. The SMILES string of the molecule is CO[N+](=O)c1cccc(S(=O)(=O)Nc2nc3ccccc3nc2Nc2cccc(S(N)(=O)=O)c2)c1. The fourth-order valence-electron chi connectivity index (χ4n) is 3.10. The van der Waals surface area contributed by atoms with Crippen molar-refractivity contribution in [3.63, 3.8) is 0 Å². The maximum absolute atomic E-state index is 13.1. The van der Waals surface area contributed by atoms with Crippen molar-refractivity contribution in [3.05, 3.63) is 77.7 Å². The van der Waals surface area contributed by atoms with E-state index in [2.05, 4.69) is 24.8 Å². The van der Waals surface area contributed by atoms with Gasteiger partial charge in [0.05, 0.1) is 25.7 Å². The van der Waals surface area contributed by atoms with E-state index in [9.17, 15) is 21.7 Å². The smallest absolute Gasteiger partial charge is 0.318 e. The summed E-state index contributed by atoms with van der Waals surface area (Å²) < 4.78 is 52.1. The maximum atomic E-state index is 13.1. The van der Waals surface area contributed by atoms with E-state index in [0.29, 0.717) is 11.0 Å². The third kappa shape index (κ3) is 5.34. The van der Waals surface area contributed by atoms with Gasteiger partial charge in [-0.15, -0.1) is 0 Å². The number of hydrogen-bond donors (Lipinski definition) is 3. The van der Waals surface area contributed by atoms with Crippen LogP contribution < -0.4 is 15.2 Å². The summed E-state index contributed by atoms with van der Waals surface area (Å²) in [4.78, 5) is 24.9. The molecule has 0 atom stereocenters. The third-order valence-electron chi connectivity index (χ3n) is 4.73. The fourth-order valence-corrected chi connectivity index (χ4v) is 4.71. The summed E-state index contributed by atoms with van der Waals surface area (Å²) in [6.07, 6.45) is 0. The van der Waals surface area contributed by atoms with E-state index in [1.54, 1.807) is 30.3 Å². The fraction of sp³-hybridized carbons (Fsp3) is 0.0476. The second kappa shape index (κ2) is 9.25. The Morgan fingerprint density at radius 1 is 0.829 bits per heavy atom. The molecule has 180 valence electrons. The average Bonchev–Trinajstić information content (AvgIpc) is 2.83. The van der Waals surface area contributed by atoms with Gasteiger partial charge in [0, 0.05) is 17.8 Å². The number of sulfonamides is 2. The minimum Gasteiger partial charge on any atom is -0.337 e. The predicted octanol–water partition coefficient (Wildman–Crippen LogP) is 2.79. The van der Waals surface area contributed by atoms with Gasteiger partial charge < -0.3 is 5.32 Å². The van der Waals surface area contributed by atoms with Gasteiger partial charge in [-0.1, -0.05) is 24.3 Å². The summed E-state index contributed by atoms with van der Waals surface area (Å²) in [6.45, 7) is 0. The van der Waals surface area contributed by atoms with Gasteiger partial charge in [0.1, 0.15) is 0 Å². The van der Waals surface area contributed by atoms with Gasteiger partial charge in [-0.2, -0.15) is 0 Å². The van der Waals surface area contributed by atoms with E-state index in [-0.39, 0.29) is 37.7 Å². The van der Waals surface area contributed by atoms with E-state index >= 15 is 0 Å². The molecule has 1 heterocycles. The van der Waals surface area contributed by atoms with Crippen molar-refractivity contribution in [3.8, 4) is 0 Å². The lowest BCUT2D eigenvalue weighted by atomic mass is 10.3. The molecule has 35 heavy (non-hydrogen) atoms. The Kier molecular flexibility index (Phi) is 6.34. The molecule has 0 bridgehead atoms. The Labute approximate surface area is 200 Å². The van der Waals surface area contributed by atoms with Crippen molar-refractivity contribution >= 4 is 54.1 Å². The first kappa shape index (κ1) is 24.0. The summed E-state index contributed by atoms with van der Waals surface area (Å²) >= 11 is 0. The van der Waals surface area contributed by atoms with Crippen LogP contribution in [0.5, 0.6) is 0 Å². The largest absolute Gasteiger partial charge is 0.337 e. The van der Waals surface area contributed by atoms with Crippen LogP contribution in [-0.2, 0) is 24.9 Å². The Hall–Kier alpha value is -4.14. The number of nitrogens with two attached hydrogens (primary N) is 1. The van der Waals surface area contributed by atoms with Gasteiger partial charge in [0.15, 0.2) is 18.7 Å². The third-order valence-corrected chi connectivity index (χ3v) is 6.98. The lowest BCUT2D eigenvalue weighted by Crippen LogP contribution is -2.16. The van der Waals surface area contributed by atoms with E-state index in [1.807, 2.05) is 0 Å². The van der Waals surface area contributed by atoms with Crippen LogP contribution >= 0.6 is 0 Å². The van der Waals surface area contributed by atoms with Gasteiger partial charge >= 0.3 is 5.69 Å². The molecule has 4 aromatic rings. The van der Waals surface area contributed by atoms with Crippen LogP contribution in [0.25, 0.3) is 11.0 Å². The number of hydrogen-bond acceptors (Lipinski definition) is 9. The quantitative estimate of drug-likeness (QED) is 0.298. The Morgan fingerprint density at radius 3 is 2.11 bits per heavy atom. The molecule has 0 unspecified atom stereocenters. The molecule has 12 nitrogen and oxygen atoms in total. The van der Waals surface area contributed by atoms with Crippen molar-refractivity contribution in [1.29, 1.82) is 0 Å². The summed E-state index contributed by atoms with van der Waals surface area (Å²) in [5.74, 6) is -0.141. The first-order valence-electron chi connectivity index (χ1n) is 9.88. The molecule has 0 amide bonds. The lowest BCUT2D eigenvalue weighted by molar-refractivity contribution is -0.736. The first-order valence-corrected chi connectivity index (χ1v) is 12.9. The van der Waals surface area contributed by atoms with Gasteiger partial charge in [0.25, 0.3) is 14.9 Å². The molecule has 1 aromatic heterocycles. The minimum atomic E-state index is -4.22. The number of anilines is 3. The van der Waals surface area contributed by atoms with Crippen molar-refractivity contribution in [2.24, 2.45) is 5.14 Å². The van der Waals surface area contributed by atoms with Crippen LogP contribution in [0.4, 0.5) is 23.0 Å². The van der Waals surface area contributed by atoms with Crippen molar-refractivity contribution < 1.29 is 26.6 Å². The van der Waals surface area contributed by atoms with Gasteiger partial charge in [-0.05, 0) is 36.4 Å². The highest BCUT2D eigenvalue weighted by Crippen LogP contribution is 2.28. The molecule has 4 N–H and O–H groups in total. The second-order valence-electron chi connectivity index (χ2n) is 7.15. The molecular weight excluding hydrogens is 496 g/mol. The zero-order chi connectivity index (χ0) is 25.2. The standard InChI is InChI=1S/C21H19N6O6S2/c1-33-27(28)15-7-5-9-17(13-15)35(31,32)26-21-20(24-18-10-2-3-11-19(18)25-21)23-14-6-4-8-16(12-14)34(22,29)30/h2-13H,1H3,(H,23,24)(H,25,26)(H2,22,29,30)/q+1. The molecule has 0 spiro atoms. The van der Waals surface area contributed by atoms with E-state index in [1.165, 1.54) is 36.4 Å². The van der Waals surface area contributed by atoms with Gasteiger partial charge in [0.2, 0.25) is 10.0 Å². The summed E-state index contributed by atoms with van der Waals surface area (Å²) in [7, 11) is -7.04. The van der Waals surface area contributed by atoms with E-state index in [0.717, 1.165) is 13.2 Å². The van der Waals surface area contributed by atoms with Gasteiger partial charge in [-0.3, -0.25) is 4.72 Å². The number of fused-ring (bicyclic) bond motifs is 1. The summed E-state index contributed by atoms with van der Waals surface area (Å²) in [6, 6.07) is 17.6. The Balaban J connectivity index is 1.77. The van der Waals surface area contributed by atoms with Crippen molar-refractivity contribution in [2.45, 2.75) is 9.79 Å². The highest BCUT2D eigenvalue weighted by molar-refractivity contribution is 7.92. The number of rotatable bonds is 8. The topological polar surface area (TPSA) is 173 Å². The molecule has 0 aliphatic rings. The van der Waals surface area contributed by atoms with E-state index in [4.69, 9.17) is 5.14 Å². The minimum absolute atomic E-state index is 0.0114. The van der Waals surface area contributed by atoms with Crippen LogP contribution in [0.1, 0.15) is 0 Å². The normalized spacial score (nSPS) is 11.7. The molecule has 0 saturated carbocycles. The lowest BCUT2D eigenvalue weighted by Gasteiger charge is -2.14. The number of para-hydroxylation sites is 2. The molecule has 0 radical (unpaired) electrons. The van der Waals surface area contributed by atoms with Crippen LogP contribution in [0.2, 0.25) is 0 Å². The van der Waals surface area contributed by atoms with Gasteiger partial charge in [-0.25, -0.2) is 36.8 Å². The van der Waals surface area contributed by atoms with Crippen LogP contribution in [0, 0.1) is 4.91 Å². The number of primary sulfonamides is 1. The van der Waals surface area contributed by atoms with Crippen molar-refractivity contribution in [2.75, 3.05) is 17.1 Å². The number of nitrogens with zero attached hydrogens (tertiary/aromatic N) is 3. The molecule has 4 rings (SSSR count). The highest BCUT2D eigenvalue weighted by Gasteiger charge is 2.23. The molecule has 0 aliphatic carbocycles. The molecular formula is C21H19N6O6S2+. The Bertz CT molecular complexity index is 1660. The average molecular weight is 516 g/mol. The van der Waals surface area contributed by atoms with Crippen molar-refractivity contribution in [1.82, 2.24) is 9.97 Å². The Morgan fingerprint density at radius 2 is 1.46 bits per heavy atom. The maximum Gasteiger partial charge on any atom is 0.318 e. The zero-order valence-corrected chi connectivity index (χ0v) is 19.7. The summed E-state index contributed by atoms with van der Waals surface area (Å²) in [5.41, 5.74) is 1.13. The van der Waals surface area contributed by atoms with E-state index < -0.39 is 20.0 Å². The molecule has 14 heteroatoms. The number of aromatic nitrogens is 2. The molecule has 0 fully saturated rings. The highest BCUT2D eigenvalue weighted by atomic mass is 32.2. The molecule has 0 saturated heterocycles. The van der Waals surface area contributed by atoms with Crippen LogP contribution in [0.15, 0.2) is 82.6 Å². The molecule has 3 aromatic carbocycles. The number of benzene rings is 3. The zero-order valence-electron chi connectivity index (χ0n) is 18.1. The predicted molar refractivity (Wildman–Crippen MR) is 128 cm³/mol. The monoisotopic (exact) mass is 515 g/mol. The summed E-state index contributed by atoms with van der Waals surface area (Å²) in [5, 5.41) is 8.10. The van der Waals surface area contributed by atoms with Crippen LogP contribution in [-0.4, -0.2) is 38.8 Å². The first-order chi connectivity index (χ1) is 16.6. The van der Waals surface area contributed by atoms with Crippen LogP contribution in [0.3, 0.4) is 0 Å².